The second-order valence-corrected chi connectivity index (χ2v) is 10.8. The van der Waals surface area contributed by atoms with Gasteiger partial charge >= 0.3 is 11.0 Å². The number of aryl methyl sites for hydroxylation is 1. The van der Waals surface area contributed by atoms with E-state index in [1.54, 1.807) is 17.0 Å². The highest BCUT2D eigenvalue weighted by Gasteiger charge is 2.37. The molecule has 0 spiro atoms. The molecule has 8 nitrogen and oxygen atoms in total. The molecule has 1 saturated heterocycles. The molecule has 0 radical (unpaired) electrons. The summed E-state index contributed by atoms with van der Waals surface area (Å²) in [4.78, 5) is 28.5. The summed E-state index contributed by atoms with van der Waals surface area (Å²) in [5.74, 6) is 0. The first kappa shape index (κ1) is 20.2. The molecule has 31 heavy (non-hydrogen) atoms. The van der Waals surface area contributed by atoms with Crippen LogP contribution >= 0.6 is 11.3 Å². The highest BCUT2D eigenvalue weighted by molar-refractivity contribution is 7.89. The molecule has 162 valence electrons. The summed E-state index contributed by atoms with van der Waals surface area (Å²) in [5, 5.41) is 0. The number of carbonyl (C=O) groups excluding carboxylic acids is 1. The number of aromatic amines is 1. The zero-order valence-corrected chi connectivity index (χ0v) is 18.5. The van der Waals surface area contributed by atoms with E-state index < -0.39 is 10.0 Å². The molecule has 1 amide bonds. The van der Waals surface area contributed by atoms with Crippen LogP contribution < -0.4 is 9.77 Å². The number of piperidine rings is 1. The Hall–Kier alpha value is -2.69. The predicted octanol–water partition coefficient (Wildman–Crippen LogP) is 3.21. The molecule has 3 aromatic rings. The normalized spacial score (nSPS) is 18.2. The number of rotatable bonds is 3. The number of cyclic esters (lactones) is 1. The van der Waals surface area contributed by atoms with Crippen molar-refractivity contribution in [1.82, 2.24) is 9.29 Å². The van der Waals surface area contributed by atoms with Gasteiger partial charge in [0.2, 0.25) is 10.0 Å². The molecule has 2 aromatic carbocycles. The van der Waals surface area contributed by atoms with Crippen molar-refractivity contribution in [2.75, 3.05) is 18.0 Å². The molecule has 2 aliphatic heterocycles. The van der Waals surface area contributed by atoms with Crippen LogP contribution in [-0.2, 0) is 21.4 Å². The van der Waals surface area contributed by atoms with Gasteiger partial charge in [-0.1, -0.05) is 29.5 Å². The average molecular weight is 460 g/mol. The van der Waals surface area contributed by atoms with Gasteiger partial charge in [0.15, 0.2) is 0 Å². The first-order chi connectivity index (χ1) is 14.8. The van der Waals surface area contributed by atoms with Gasteiger partial charge in [0, 0.05) is 24.7 Å². The fourth-order valence-corrected chi connectivity index (χ4v) is 6.74. The number of anilines is 1. The van der Waals surface area contributed by atoms with Gasteiger partial charge in [-0.15, -0.1) is 0 Å². The molecule has 5 rings (SSSR count). The van der Waals surface area contributed by atoms with E-state index in [0.717, 1.165) is 28.2 Å². The molecule has 1 fully saturated rings. The number of nitrogens with zero attached hydrogens (tertiary/aromatic N) is 2. The van der Waals surface area contributed by atoms with E-state index in [4.69, 9.17) is 4.74 Å². The summed E-state index contributed by atoms with van der Waals surface area (Å²) in [7, 11) is -3.69. The zero-order chi connectivity index (χ0) is 21.8. The van der Waals surface area contributed by atoms with E-state index in [0.29, 0.717) is 36.1 Å². The van der Waals surface area contributed by atoms with Crippen molar-refractivity contribution in [3.63, 3.8) is 0 Å². The van der Waals surface area contributed by atoms with E-state index in [1.807, 2.05) is 25.1 Å². The quantitative estimate of drug-likeness (QED) is 0.648. The second kappa shape index (κ2) is 7.47. The average Bonchev–Trinajstić information content (AvgIpc) is 3.13. The molecule has 10 heteroatoms. The number of benzene rings is 2. The van der Waals surface area contributed by atoms with Gasteiger partial charge in [-0.05, 0) is 43.5 Å². The lowest BCUT2D eigenvalue weighted by molar-refractivity contribution is 0.135. The predicted molar refractivity (Wildman–Crippen MR) is 118 cm³/mol. The molecule has 0 aliphatic carbocycles. The Morgan fingerprint density at radius 2 is 1.90 bits per heavy atom. The Morgan fingerprint density at radius 1 is 1.13 bits per heavy atom. The van der Waals surface area contributed by atoms with E-state index in [-0.39, 0.29) is 28.5 Å². The molecule has 0 atom stereocenters. The Kier molecular flexibility index (Phi) is 4.87. The SMILES string of the molecule is Cc1cccc2c1N(C1CCN(S(=O)(=O)c3ccc4[nH]c(=O)sc4c3)CC1)C(=O)OC2. The number of hydrogen-bond donors (Lipinski definition) is 1. The lowest BCUT2D eigenvalue weighted by atomic mass is 10.00. The smallest absolute Gasteiger partial charge is 0.414 e. The fourth-order valence-electron chi connectivity index (χ4n) is 4.39. The van der Waals surface area contributed by atoms with E-state index >= 15 is 0 Å². The lowest BCUT2D eigenvalue weighted by Crippen LogP contribution is -2.50. The van der Waals surface area contributed by atoms with Gasteiger partial charge < -0.3 is 9.72 Å². The van der Waals surface area contributed by atoms with E-state index in [9.17, 15) is 18.0 Å². The van der Waals surface area contributed by atoms with Crippen LogP contribution in [0, 0.1) is 6.92 Å². The first-order valence-corrected chi connectivity index (χ1v) is 12.3. The molecule has 2 aliphatic rings. The second-order valence-electron chi connectivity index (χ2n) is 7.81. The molecule has 0 unspecified atom stereocenters. The van der Waals surface area contributed by atoms with E-state index in [1.165, 1.54) is 10.4 Å². The van der Waals surface area contributed by atoms with Gasteiger partial charge in [-0.2, -0.15) is 4.31 Å². The number of fused-ring (bicyclic) bond motifs is 2. The van der Waals surface area contributed by atoms with Crippen LogP contribution in [0.25, 0.3) is 10.2 Å². The molecule has 1 aromatic heterocycles. The van der Waals surface area contributed by atoms with Crippen molar-refractivity contribution < 1.29 is 17.9 Å². The number of carbonyl (C=O) groups is 1. The van der Waals surface area contributed by atoms with Crippen molar-refractivity contribution in [2.45, 2.75) is 37.3 Å². The number of sulfonamides is 1. The van der Waals surface area contributed by atoms with Crippen LogP contribution in [0.2, 0.25) is 0 Å². The Labute approximate surface area is 183 Å². The molecule has 0 saturated carbocycles. The summed E-state index contributed by atoms with van der Waals surface area (Å²) in [5.41, 5.74) is 3.48. The van der Waals surface area contributed by atoms with Crippen molar-refractivity contribution in [2.24, 2.45) is 0 Å². The zero-order valence-electron chi connectivity index (χ0n) is 16.8. The maximum absolute atomic E-state index is 13.2. The van der Waals surface area contributed by atoms with Crippen molar-refractivity contribution >= 4 is 43.4 Å². The summed E-state index contributed by atoms with van der Waals surface area (Å²) in [6, 6.07) is 10.4. The van der Waals surface area contributed by atoms with Crippen LogP contribution in [-0.4, -0.2) is 42.9 Å². The fraction of sp³-hybridized carbons (Fsp3) is 0.333. The van der Waals surface area contributed by atoms with Crippen LogP contribution in [0.5, 0.6) is 0 Å². The number of para-hydroxylation sites is 1. The molecule has 3 heterocycles. The van der Waals surface area contributed by atoms with Gasteiger partial charge in [0.25, 0.3) is 0 Å². The van der Waals surface area contributed by atoms with Gasteiger partial charge in [0.1, 0.15) is 6.61 Å². The minimum Gasteiger partial charge on any atom is -0.444 e. The highest BCUT2D eigenvalue weighted by Crippen LogP contribution is 2.35. The van der Waals surface area contributed by atoms with Crippen LogP contribution in [0.4, 0.5) is 10.5 Å². The van der Waals surface area contributed by atoms with Crippen LogP contribution in [0.3, 0.4) is 0 Å². The number of amides is 1. The highest BCUT2D eigenvalue weighted by atomic mass is 32.2. The number of nitrogens with one attached hydrogen (secondary N) is 1. The first-order valence-electron chi connectivity index (χ1n) is 10.0. The van der Waals surface area contributed by atoms with Crippen LogP contribution in [0.15, 0.2) is 46.1 Å². The van der Waals surface area contributed by atoms with E-state index in [2.05, 4.69) is 4.98 Å². The van der Waals surface area contributed by atoms with Crippen molar-refractivity contribution in [1.29, 1.82) is 0 Å². The molecular weight excluding hydrogens is 438 g/mol. The Bertz CT molecular complexity index is 1340. The molecule has 1 N–H and O–H groups in total. The summed E-state index contributed by atoms with van der Waals surface area (Å²) in [6.45, 7) is 2.83. The lowest BCUT2D eigenvalue weighted by Gasteiger charge is -2.40. The van der Waals surface area contributed by atoms with Crippen LogP contribution in [0.1, 0.15) is 24.0 Å². The minimum atomic E-state index is -3.69. The maximum atomic E-state index is 13.2. The largest absolute Gasteiger partial charge is 0.444 e. The number of H-pyrrole nitrogens is 1. The topological polar surface area (TPSA) is 99.8 Å². The Balaban J connectivity index is 1.38. The summed E-state index contributed by atoms with van der Waals surface area (Å²) >= 11 is 0.991. The standard InChI is InChI=1S/C21H21N3O5S2/c1-13-3-2-4-14-12-29-21(26)24(19(13)14)15-7-9-23(10-8-15)31(27,28)16-5-6-17-18(11-16)30-20(25)22-17/h2-6,11,15H,7-10,12H2,1H3,(H,22,25). The van der Waals surface area contributed by atoms with Gasteiger partial charge in [0.05, 0.1) is 20.8 Å². The molecule has 0 bridgehead atoms. The third-order valence-corrected chi connectivity index (χ3v) is 8.67. The summed E-state index contributed by atoms with van der Waals surface area (Å²) < 4.78 is 33.8. The Morgan fingerprint density at radius 3 is 2.68 bits per heavy atom. The third kappa shape index (κ3) is 3.44. The van der Waals surface area contributed by atoms with Crippen molar-refractivity contribution in [3.8, 4) is 0 Å². The monoisotopic (exact) mass is 459 g/mol. The van der Waals surface area contributed by atoms with Gasteiger partial charge in [-0.25, -0.2) is 13.2 Å². The minimum absolute atomic E-state index is 0.128. The third-order valence-electron chi connectivity index (χ3n) is 5.93. The number of ether oxygens (including phenoxy) is 1. The van der Waals surface area contributed by atoms with Gasteiger partial charge in [-0.3, -0.25) is 9.69 Å². The maximum Gasteiger partial charge on any atom is 0.414 e. The number of thiazole rings is 1. The number of hydrogen-bond acceptors (Lipinski definition) is 6. The summed E-state index contributed by atoms with van der Waals surface area (Å²) in [6.07, 6.45) is 0.653. The number of aromatic nitrogens is 1. The molecular formula is C21H21N3O5S2. The van der Waals surface area contributed by atoms with Crippen molar-refractivity contribution in [3.05, 3.63) is 57.2 Å².